The molecule has 0 aromatic carbocycles. The molecule has 4 saturated carbocycles. The minimum atomic E-state index is -0.0569. The molecule has 0 unspecified atom stereocenters. The highest BCUT2D eigenvalue weighted by molar-refractivity contribution is 7.15. The maximum absolute atomic E-state index is 12.2. The summed E-state index contributed by atoms with van der Waals surface area (Å²) < 4.78 is 0. The zero-order valence-corrected chi connectivity index (χ0v) is 16.0. The number of aryl methyl sites for hydroxylation is 1. The second-order valence-electron chi connectivity index (χ2n) is 8.19. The van der Waals surface area contributed by atoms with Crippen LogP contribution in [0.3, 0.4) is 0 Å². The van der Waals surface area contributed by atoms with E-state index in [1.54, 1.807) is 22.7 Å². The summed E-state index contributed by atoms with van der Waals surface area (Å²) in [7, 11) is 0. The molecule has 4 fully saturated rings. The normalized spacial score (nSPS) is 32.9. The monoisotopic (exact) mass is 374 g/mol. The zero-order chi connectivity index (χ0) is 17.0. The van der Waals surface area contributed by atoms with Gasteiger partial charge in [-0.2, -0.15) is 0 Å². The van der Waals surface area contributed by atoms with Crippen molar-refractivity contribution in [1.82, 2.24) is 15.2 Å². The maximum atomic E-state index is 12.2. The van der Waals surface area contributed by atoms with E-state index in [4.69, 9.17) is 0 Å². The number of rotatable bonds is 4. The Morgan fingerprint density at radius 3 is 2.48 bits per heavy atom. The molecule has 4 bridgehead atoms. The molecule has 132 valence electrons. The first-order valence-electron chi connectivity index (χ1n) is 9.13. The van der Waals surface area contributed by atoms with Crippen molar-refractivity contribution >= 4 is 33.7 Å². The molecular weight excluding hydrogens is 352 g/mol. The van der Waals surface area contributed by atoms with Crippen molar-refractivity contribution in [3.8, 4) is 0 Å². The summed E-state index contributed by atoms with van der Waals surface area (Å²) in [6.45, 7) is 1.95. The molecule has 5 nitrogen and oxygen atoms in total. The molecule has 25 heavy (non-hydrogen) atoms. The van der Waals surface area contributed by atoms with E-state index in [1.807, 2.05) is 12.3 Å². The fraction of sp³-hybridized carbons (Fsp3) is 0.667. The van der Waals surface area contributed by atoms with Gasteiger partial charge >= 0.3 is 0 Å². The van der Waals surface area contributed by atoms with Crippen LogP contribution in [0.2, 0.25) is 0 Å². The molecule has 0 atom stereocenters. The summed E-state index contributed by atoms with van der Waals surface area (Å²) in [4.78, 5) is 16.6. The Kier molecular flexibility index (Phi) is 3.71. The molecule has 0 radical (unpaired) electrons. The fourth-order valence-electron chi connectivity index (χ4n) is 5.68. The van der Waals surface area contributed by atoms with Crippen LogP contribution in [0.15, 0.2) is 5.38 Å². The lowest BCUT2D eigenvalue weighted by Crippen LogP contribution is -2.48. The van der Waals surface area contributed by atoms with Crippen LogP contribution < -0.4 is 5.32 Å². The molecule has 2 aromatic rings. The van der Waals surface area contributed by atoms with Crippen LogP contribution in [0.1, 0.15) is 54.2 Å². The third kappa shape index (κ3) is 2.91. The summed E-state index contributed by atoms with van der Waals surface area (Å²) in [5.74, 6) is 2.61. The number of amides is 1. The first kappa shape index (κ1) is 15.9. The van der Waals surface area contributed by atoms with Crippen molar-refractivity contribution in [3.63, 3.8) is 0 Å². The number of nitrogens with one attached hydrogen (secondary N) is 1. The SMILES string of the molecule is Cc1nc(CC(=O)Nc2nnc(C34CC5CC(CC(C5)C3)C4)s2)cs1. The number of carbonyl (C=O) groups is 1. The molecule has 2 heterocycles. The minimum Gasteiger partial charge on any atom is -0.300 e. The van der Waals surface area contributed by atoms with E-state index in [0.29, 0.717) is 11.6 Å². The first-order chi connectivity index (χ1) is 12.1. The van der Waals surface area contributed by atoms with Crippen LogP contribution in [0.5, 0.6) is 0 Å². The number of thiazole rings is 1. The highest BCUT2D eigenvalue weighted by Crippen LogP contribution is 2.61. The predicted molar refractivity (Wildman–Crippen MR) is 98.9 cm³/mol. The van der Waals surface area contributed by atoms with Crippen molar-refractivity contribution < 1.29 is 4.79 Å². The predicted octanol–water partition coefficient (Wildman–Crippen LogP) is 3.95. The Hall–Kier alpha value is -1.34. The van der Waals surface area contributed by atoms with Crippen LogP contribution in [-0.4, -0.2) is 21.1 Å². The third-order valence-electron chi connectivity index (χ3n) is 6.17. The second-order valence-corrected chi connectivity index (χ2v) is 10.2. The summed E-state index contributed by atoms with van der Waals surface area (Å²) in [5.41, 5.74) is 1.08. The molecule has 0 aliphatic heterocycles. The molecule has 6 rings (SSSR count). The average molecular weight is 375 g/mol. The van der Waals surface area contributed by atoms with Gasteiger partial charge in [-0.15, -0.1) is 21.5 Å². The summed E-state index contributed by atoms with van der Waals surface area (Å²) in [5, 5.41) is 16.4. The van der Waals surface area contributed by atoms with E-state index < -0.39 is 0 Å². The van der Waals surface area contributed by atoms with Gasteiger partial charge in [-0.3, -0.25) is 4.79 Å². The lowest BCUT2D eigenvalue weighted by molar-refractivity contribution is -0.115. The Bertz CT molecular complexity index is 776. The van der Waals surface area contributed by atoms with Gasteiger partial charge in [-0.1, -0.05) is 11.3 Å². The Morgan fingerprint density at radius 2 is 1.88 bits per heavy atom. The Morgan fingerprint density at radius 1 is 1.20 bits per heavy atom. The van der Waals surface area contributed by atoms with Crippen molar-refractivity contribution in [1.29, 1.82) is 0 Å². The van der Waals surface area contributed by atoms with Gasteiger partial charge in [-0.05, 0) is 63.2 Å². The van der Waals surface area contributed by atoms with Gasteiger partial charge in [-0.25, -0.2) is 4.98 Å². The molecule has 4 aliphatic carbocycles. The van der Waals surface area contributed by atoms with Crippen molar-refractivity contribution in [2.45, 2.75) is 57.3 Å². The lowest BCUT2D eigenvalue weighted by atomic mass is 9.50. The summed E-state index contributed by atoms with van der Waals surface area (Å²) >= 11 is 3.17. The van der Waals surface area contributed by atoms with Gasteiger partial charge in [0, 0.05) is 10.8 Å². The second kappa shape index (κ2) is 5.84. The smallest absolute Gasteiger partial charge is 0.232 e. The van der Waals surface area contributed by atoms with Crippen LogP contribution in [-0.2, 0) is 16.6 Å². The Labute approximate surface area is 155 Å². The van der Waals surface area contributed by atoms with E-state index in [-0.39, 0.29) is 11.3 Å². The van der Waals surface area contributed by atoms with Crippen molar-refractivity contribution in [2.24, 2.45) is 17.8 Å². The third-order valence-corrected chi connectivity index (χ3v) is 8.08. The quantitative estimate of drug-likeness (QED) is 0.880. The average Bonchev–Trinajstić information content (AvgIpc) is 3.15. The van der Waals surface area contributed by atoms with Gasteiger partial charge in [0.2, 0.25) is 11.0 Å². The van der Waals surface area contributed by atoms with E-state index in [0.717, 1.165) is 33.5 Å². The number of aromatic nitrogens is 3. The molecule has 7 heteroatoms. The lowest BCUT2D eigenvalue weighted by Gasteiger charge is -2.55. The standard InChI is InChI=1S/C18H22N4OS2/c1-10-19-14(9-24-10)5-15(23)20-17-22-21-16(25-17)18-6-11-2-12(7-18)4-13(3-11)8-18/h9,11-13H,2-8H2,1H3,(H,20,22,23). The highest BCUT2D eigenvalue weighted by atomic mass is 32.1. The number of carbonyl (C=O) groups excluding carboxylic acids is 1. The van der Waals surface area contributed by atoms with Gasteiger partial charge < -0.3 is 5.32 Å². The number of nitrogens with zero attached hydrogens (tertiary/aromatic N) is 3. The zero-order valence-electron chi connectivity index (χ0n) is 14.3. The van der Waals surface area contributed by atoms with Crippen LogP contribution >= 0.6 is 22.7 Å². The topological polar surface area (TPSA) is 67.8 Å². The number of hydrogen-bond donors (Lipinski definition) is 1. The van der Waals surface area contributed by atoms with Crippen LogP contribution in [0.25, 0.3) is 0 Å². The molecule has 1 N–H and O–H groups in total. The van der Waals surface area contributed by atoms with E-state index in [1.165, 1.54) is 38.5 Å². The molecular formula is C18H22N4OS2. The molecule has 0 spiro atoms. The van der Waals surface area contributed by atoms with Gasteiger partial charge in [0.15, 0.2) is 0 Å². The van der Waals surface area contributed by atoms with Crippen LogP contribution in [0.4, 0.5) is 5.13 Å². The summed E-state index contributed by atoms with van der Waals surface area (Å²) in [6.07, 6.45) is 8.41. The Balaban J connectivity index is 1.30. The highest BCUT2D eigenvalue weighted by Gasteiger charge is 2.53. The van der Waals surface area contributed by atoms with E-state index >= 15 is 0 Å². The number of anilines is 1. The van der Waals surface area contributed by atoms with Crippen molar-refractivity contribution in [2.75, 3.05) is 5.32 Å². The van der Waals surface area contributed by atoms with Crippen molar-refractivity contribution in [3.05, 3.63) is 21.1 Å². The number of hydrogen-bond acceptors (Lipinski definition) is 6. The van der Waals surface area contributed by atoms with Gasteiger partial charge in [0.1, 0.15) is 5.01 Å². The van der Waals surface area contributed by atoms with Gasteiger partial charge in [0.05, 0.1) is 17.1 Å². The molecule has 4 aliphatic rings. The minimum absolute atomic E-state index is 0.0569. The van der Waals surface area contributed by atoms with Crippen LogP contribution in [0, 0.1) is 24.7 Å². The fourth-order valence-corrected chi connectivity index (χ4v) is 7.27. The largest absolute Gasteiger partial charge is 0.300 e. The molecule has 2 aromatic heterocycles. The molecule has 0 saturated heterocycles. The maximum Gasteiger partial charge on any atom is 0.232 e. The van der Waals surface area contributed by atoms with E-state index in [2.05, 4.69) is 20.5 Å². The summed E-state index contributed by atoms with van der Waals surface area (Å²) in [6, 6.07) is 0. The van der Waals surface area contributed by atoms with E-state index in [9.17, 15) is 4.79 Å². The first-order valence-corrected chi connectivity index (χ1v) is 10.8. The van der Waals surface area contributed by atoms with Gasteiger partial charge in [0.25, 0.3) is 0 Å². The molecule has 1 amide bonds.